The lowest BCUT2D eigenvalue weighted by atomic mass is 10.2. The minimum absolute atomic E-state index is 0.520. The lowest BCUT2D eigenvalue weighted by Gasteiger charge is -2.32. The van der Waals surface area contributed by atoms with Crippen LogP contribution in [0.3, 0.4) is 0 Å². The predicted octanol–water partition coefficient (Wildman–Crippen LogP) is 0.878. The minimum atomic E-state index is 0.520. The van der Waals surface area contributed by atoms with Gasteiger partial charge in [0, 0.05) is 43.3 Å². The van der Waals surface area contributed by atoms with E-state index in [2.05, 4.69) is 28.8 Å². The molecule has 0 radical (unpaired) electrons. The van der Waals surface area contributed by atoms with Crippen molar-refractivity contribution in [1.29, 1.82) is 0 Å². The summed E-state index contributed by atoms with van der Waals surface area (Å²) in [4.78, 5) is 10.1. The summed E-state index contributed by atoms with van der Waals surface area (Å²) in [5.74, 6) is 0. The second-order valence-electron chi connectivity index (χ2n) is 4.84. The molecule has 2 N–H and O–H groups in total. The molecule has 0 spiro atoms. The van der Waals surface area contributed by atoms with Crippen LogP contribution >= 0.6 is 11.3 Å². The van der Waals surface area contributed by atoms with E-state index in [0.29, 0.717) is 11.2 Å². The second kappa shape index (κ2) is 6.47. The van der Waals surface area contributed by atoms with E-state index in [1.165, 1.54) is 4.88 Å². The lowest BCUT2D eigenvalue weighted by molar-refractivity contribution is 0.0263. The first-order chi connectivity index (χ1) is 8.65. The van der Waals surface area contributed by atoms with Crippen molar-refractivity contribution in [1.82, 2.24) is 14.8 Å². The fourth-order valence-corrected chi connectivity index (χ4v) is 2.84. The van der Waals surface area contributed by atoms with Gasteiger partial charge in [-0.25, -0.2) is 4.98 Å². The van der Waals surface area contributed by atoms with Crippen LogP contribution in [0.2, 0.25) is 0 Å². The Balaban J connectivity index is 1.78. The predicted molar refractivity (Wildman–Crippen MR) is 74.7 cm³/mol. The van der Waals surface area contributed by atoms with Crippen molar-refractivity contribution in [3.63, 3.8) is 0 Å². The molecule has 2 heterocycles. The number of rotatable bonds is 5. The molecule has 0 aromatic carbocycles. The molecule has 1 aliphatic heterocycles. The van der Waals surface area contributed by atoms with E-state index < -0.39 is 0 Å². The molecule has 0 amide bonds. The van der Waals surface area contributed by atoms with Crippen LogP contribution in [0.25, 0.3) is 0 Å². The second-order valence-corrected chi connectivity index (χ2v) is 5.99. The number of nitrogen functional groups attached to an aromatic ring is 1. The molecule has 1 aromatic rings. The third-order valence-corrected chi connectivity index (χ3v) is 4.17. The minimum Gasteiger partial charge on any atom is -0.379 e. The van der Waals surface area contributed by atoms with Gasteiger partial charge in [0.1, 0.15) is 0 Å². The van der Waals surface area contributed by atoms with Gasteiger partial charge in [-0.1, -0.05) is 0 Å². The Labute approximate surface area is 113 Å². The number of nitrogens with two attached hydrogens (primary N) is 1. The molecule has 0 bridgehead atoms. The highest BCUT2D eigenvalue weighted by Crippen LogP contribution is 2.17. The molecule has 0 saturated carbocycles. The van der Waals surface area contributed by atoms with Crippen LogP contribution in [-0.2, 0) is 11.3 Å². The highest BCUT2D eigenvalue weighted by atomic mass is 32.1. The van der Waals surface area contributed by atoms with Crippen LogP contribution in [0.1, 0.15) is 11.8 Å². The van der Waals surface area contributed by atoms with Crippen molar-refractivity contribution in [3.8, 4) is 0 Å². The smallest absolute Gasteiger partial charge is 0.180 e. The SMILES string of the molecule is CC(CN1CCOCC1)N(C)Cc1cnc(N)s1. The van der Waals surface area contributed by atoms with Crippen LogP contribution in [0.4, 0.5) is 5.13 Å². The Morgan fingerprint density at radius 2 is 2.28 bits per heavy atom. The maximum Gasteiger partial charge on any atom is 0.180 e. The average Bonchev–Trinajstić information content (AvgIpc) is 2.76. The third kappa shape index (κ3) is 3.91. The summed E-state index contributed by atoms with van der Waals surface area (Å²) >= 11 is 1.57. The molecule has 0 aliphatic carbocycles. The molecular formula is C12H22N4OS. The summed E-state index contributed by atoms with van der Waals surface area (Å²) in [6.07, 6.45) is 1.87. The van der Waals surface area contributed by atoms with Gasteiger partial charge in [-0.15, -0.1) is 11.3 Å². The Bertz CT molecular complexity index is 365. The first-order valence-electron chi connectivity index (χ1n) is 6.35. The van der Waals surface area contributed by atoms with Crippen molar-refractivity contribution in [3.05, 3.63) is 11.1 Å². The van der Waals surface area contributed by atoms with Crippen molar-refractivity contribution < 1.29 is 4.74 Å². The zero-order chi connectivity index (χ0) is 13.0. The van der Waals surface area contributed by atoms with Crippen LogP contribution < -0.4 is 5.73 Å². The van der Waals surface area contributed by atoms with Crippen LogP contribution in [0.15, 0.2) is 6.20 Å². The molecule has 102 valence electrons. The van der Waals surface area contributed by atoms with E-state index in [1.54, 1.807) is 11.3 Å². The van der Waals surface area contributed by atoms with Crippen molar-refractivity contribution >= 4 is 16.5 Å². The fourth-order valence-electron chi connectivity index (χ4n) is 2.09. The van der Waals surface area contributed by atoms with Gasteiger partial charge in [-0.05, 0) is 14.0 Å². The molecular weight excluding hydrogens is 248 g/mol. The number of likely N-dealkylation sites (N-methyl/N-ethyl adjacent to an activating group) is 1. The maximum atomic E-state index is 5.65. The number of thiazole rings is 1. The van der Waals surface area contributed by atoms with Gasteiger partial charge in [-0.2, -0.15) is 0 Å². The zero-order valence-electron chi connectivity index (χ0n) is 11.1. The van der Waals surface area contributed by atoms with E-state index in [4.69, 9.17) is 10.5 Å². The molecule has 5 nitrogen and oxygen atoms in total. The van der Waals surface area contributed by atoms with Gasteiger partial charge in [0.05, 0.1) is 13.2 Å². The number of nitrogens with zero attached hydrogens (tertiary/aromatic N) is 3. The Hall–Kier alpha value is -0.690. The number of ether oxygens (including phenoxy) is 1. The highest BCUT2D eigenvalue weighted by molar-refractivity contribution is 7.15. The summed E-state index contributed by atoms with van der Waals surface area (Å²) < 4.78 is 5.36. The zero-order valence-corrected chi connectivity index (χ0v) is 11.9. The van der Waals surface area contributed by atoms with Crippen LogP contribution in [-0.4, -0.2) is 60.7 Å². The topological polar surface area (TPSA) is 54.6 Å². The molecule has 1 aromatic heterocycles. The van der Waals surface area contributed by atoms with E-state index >= 15 is 0 Å². The van der Waals surface area contributed by atoms with E-state index in [-0.39, 0.29) is 0 Å². The molecule has 1 aliphatic rings. The monoisotopic (exact) mass is 270 g/mol. The number of hydrogen-bond acceptors (Lipinski definition) is 6. The first-order valence-corrected chi connectivity index (χ1v) is 7.17. The van der Waals surface area contributed by atoms with Gasteiger partial charge in [0.15, 0.2) is 5.13 Å². The summed E-state index contributed by atoms with van der Waals surface area (Å²) in [5.41, 5.74) is 5.65. The third-order valence-electron chi connectivity index (χ3n) is 3.36. The summed E-state index contributed by atoms with van der Waals surface area (Å²) in [6, 6.07) is 0.520. The number of aromatic nitrogens is 1. The van der Waals surface area contributed by atoms with E-state index in [9.17, 15) is 0 Å². The highest BCUT2D eigenvalue weighted by Gasteiger charge is 2.17. The summed E-state index contributed by atoms with van der Waals surface area (Å²) in [6.45, 7) is 8.09. The Morgan fingerprint density at radius 1 is 1.56 bits per heavy atom. The average molecular weight is 270 g/mol. The largest absolute Gasteiger partial charge is 0.379 e. The standard InChI is InChI=1S/C12H22N4OS/c1-10(8-16-3-5-17-6-4-16)15(2)9-11-7-14-12(13)18-11/h7,10H,3-6,8-9H2,1-2H3,(H2,13,14). The van der Waals surface area contributed by atoms with Gasteiger partial charge >= 0.3 is 0 Å². The van der Waals surface area contributed by atoms with Crippen molar-refractivity contribution in [2.24, 2.45) is 0 Å². The van der Waals surface area contributed by atoms with Gasteiger partial charge in [-0.3, -0.25) is 9.80 Å². The van der Waals surface area contributed by atoms with Gasteiger partial charge in [0.25, 0.3) is 0 Å². The van der Waals surface area contributed by atoms with Gasteiger partial charge < -0.3 is 10.5 Å². The lowest BCUT2D eigenvalue weighted by Crippen LogP contribution is -2.44. The molecule has 18 heavy (non-hydrogen) atoms. The number of anilines is 1. The quantitative estimate of drug-likeness (QED) is 0.861. The first kappa shape index (κ1) is 13.7. The van der Waals surface area contributed by atoms with E-state index in [1.807, 2.05) is 6.20 Å². The maximum absolute atomic E-state index is 5.65. The Kier molecular flexibility index (Phi) is 4.94. The Morgan fingerprint density at radius 3 is 2.89 bits per heavy atom. The summed E-state index contributed by atoms with van der Waals surface area (Å²) in [7, 11) is 2.15. The van der Waals surface area contributed by atoms with Crippen molar-refractivity contribution in [2.75, 3.05) is 45.6 Å². The van der Waals surface area contributed by atoms with Crippen LogP contribution in [0.5, 0.6) is 0 Å². The molecule has 1 atom stereocenters. The summed E-state index contributed by atoms with van der Waals surface area (Å²) in [5, 5.41) is 0.652. The normalized spacial score (nSPS) is 19.3. The van der Waals surface area contributed by atoms with E-state index in [0.717, 1.165) is 39.4 Å². The molecule has 2 rings (SSSR count). The number of hydrogen-bond donors (Lipinski definition) is 1. The van der Waals surface area contributed by atoms with Gasteiger partial charge in [0.2, 0.25) is 0 Å². The fraction of sp³-hybridized carbons (Fsp3) is 0.750. The molecule has 6 heteroatoms. The van der Waals surface area contributed by atoms with Crippen LogP contribution in [0, 0.1) is 0 Å². The molecule has 1 saturated heterocycles. The van der Waals surface area contributed by atoms with Crippen molar-refractivity contribution in [2.45, 2.75) is 19.5 Å². The molecule has 1 fully saturated rings. The molecule has 1 unspecified atom stereocenters. The number of morpholine rings is 1.